The number of nitrogens with zero attached hydrogens (tertiary/aromatic N) is 1. The zero-order valence-electron chi connectivity index (χ0n) is 18.6. The van der Waals surface area contributed by atoms with Crippen LogP contribution in [-0.4, -0.2) is 24.2 Å². The molecule has 4 nitrogen and oxygen atoms in total. The second-order valence-electron chi connectivity index (χ2n) is 8.65. The Hall–Kier alpha value is -2.11. The Bertz CT molecular complexity index is 1030. The van der Waals surface area contributed by atoms with E-state index in [2.05, 4.69) is 23.5 Å². The number of unbranched alkanes of at least 4 members (excludes halogenated alkanes) is 2. The van der Waals surface area contributed by atoms with E-state index in [0.717, 1.165) is 60.7 Å². The Morgan fingerprint density at radius 1 is 1.06 bits per heavy atom. The highest BCUT2D eigenvalue weighted by Crippen LogP contribution is 2.33. The normalized spacial score (nSPS) is 15.8. The largest absolute Gasteiger partial charge is 0.496 e. The number of nitrogens with one attached hydrogen (secondary N) is 1. The number of aryl methyl sites for hydroxylation is 2. The van der Waals surface area contributed by atoms with Crippen LogP contribution in [0.15, 0.2) is 47.3 Å². The van der Waals surface area contributed by atoms with Gasteiger partial charge in [0.2, 0.25) is 0 Å². The third-order valence-electron chi connectivity index (χ3n) is 6.50. The van der Waals surface area contributed by atoms with Gasteiger partial charge in [0, 0.05) is 6.54 Å². The van der Waals surface area contributed by atoms with Crippen LogP contribution in [0.3, 0.4) is 0 Å². The van der Waals surface area contributed by atoms with Crippen molar-refractivity contribution in [1.29, 1.82) is 0 Å². The second-order valence-corrected chi connectivity index (χ2v) is 9.72. The molecule has 0 saturated heterocycles. The molecule has 1 aromatic heterocycles. The van der Waals surface area contributed by atoms with E-state index in [1.54, 1.807) is 18.6 Å². The van der Waals surface area contributed by atoms with Crippen molar-refractivity contribution < 1.29 is 4.74 Å². The summed E-state index contributed by atoms with van der Waals surface area (Å²) >= 11 is 1.59. The highest BCUT2D eigenvalue weighted by molar-refractivity contribution is 7.13. The van der Waals surface area contributed by atoms with Crippen molar-refractivity contribution in [1.82, 2.24) is 9.27 Å². The van der Waals surface area contributed by atoms with Crippen molar-refractivity contribution >= 4 is 21.6 Å². The standard InChI is InChI=1S/C26H34N2O2S/c1-30-24-12-7-10-21-15-14-20(19-23(21)24)9-8-17-27-16-5-2-6-18-28-26(29)22-11-3-4-13-25(22)31-28/h3-4,7,10-13,20,27H,2,5-6,8-9,14-19H2,1H3. The van der Waals surface area contributed by atoms with Crippen molar-refractivity contribution in [2.24, 2.45) is 5.92 Å². The lowest BCUT2D eigenvalue weighted by Crippen LogP contribution is -2.20. The number of hydrogen-bond donors (Lipinski definition) is 1. The molecule has 1 aliphatic carbocycles. The van der Waals surface area contributed by atoms with Crippen LogP contribution in [0.4, 0.5) is 0 Å². The maximum atomic E-state index is 12.4. The van der Waals surface area contributed by atoms with Gasteiger partial charge in [0.15, 0.2) is 0 Å². The summed E-state index contributed by atoms with van der Waals surface area (Å²) in [5.74, 6) is 1.85. The minimum absolute atomic E-state index is 0.168. The molecule has 1 unspecified atom stereocenters. The Kier molecular flexibility index (Phi) is 7.81. The minimum atomic E-state index is 0.168. The molecule has 31 heavy (non-hydrogen) atoms. The molecule has 1 atom stereocenters. The third-order valence-corrected chi connectivity index (χ3v) is 7.62. The van der Waals surface area contributed by atoms with Gasteiger partial charge in [0.25, 0.3) is 5.56 Å². The average Bonchev–Trinajstić information content (AvgIpc) is 3.13. The summed E-state index contributed by atoms with van der Waals surface area (Å²) in [6.07, 6.45) is 9.59. The predicted molar refractivity (Wildman–Crippen MR) is 131 cm³/mol. The van der Waals surface area contributed by atoms with Gasteiger partial charge in [-0.05, 0) is 93.3 Å². The SMILES string of the molecule is COc1cccc2c1CC(CCCNCCCCCn1sc3ccccc3c1=O)CC2. The molecule has 0 saturated carbocycles. The maximum Gasteiger partial charge on any atom is 0.268 e. The molecular weight excluding hydrogens is 404 g/mol. The lowest BCUT2D eigenvalue weighted by molar-refractivity contribution is 0.376. The topological polar surface area (TPSA) is 43.3 Å². The Morgan fingerprint density at radius 2 is 1.94 bits per heavy atom. The second kappa shape index (κ2) is 11.0. The van der Waals surface area contributed by atoms with Crippen LogP contribution in [0.25, 0.3) is 10.1 Å². The van der Waals surface area contributed by atoms with E-state index in [9.17, 15) is 4.79 Å². The van der Waals surface area contributed by atoms with Crippen LogP contribution >= 0.6 is 11.5 Å². The first-order valence-electron chi connectivity index (χ1n) is 11.7. The molecule has 1 heterocycles. The van der Waals surface area contributed by atoms with E-state index >= 15 is 0 Å². The van der Waals surface area contributed by atoms with Crippen molar-refractivity contribution in [3.8, 4) is 5.75 Å². The summed E-state index contributed by atoms with van der Waals surface area (Å²) in [5, 5.41) is 4.46. The number of fused-ring (bicyclic) bond motifs is 2. The van der Waals surface area contributed by atoms with Crippen LogP contribution < -0.4 is 15.6 Å². The predicted octanol–water partition coefficient (Wildman–Crippen LogP) is 5.42. The van der Waals surface area contributed by atoms with Gasteiger partial charge in [0.1, 0.15) is 5.75 Å². The van der Waals surface area contributed by atoms with Crippen molar-refractivity contribution in [3.63, 3.8) is 0 Å². The van der Waals surface area contributed by atoms with E-state index < -0.39 is 0 Å². The molecule has 1 N–H and O–H groups in total. The smallest absolute Gasteiger partial charge is 0.268 e. The van der Waals surface area contributed by atoms with E-state index in [1.807, 2.05) is 28.2 Å². The molecule has 1 aliphatic rings. The van der Waals surface area contributed by atoms with Crippen molar-refractivity contribution in [2.75, 3.05) is 20.2 Å². The van der Waals surface area contributed by atoms with Gasteiger partial charge in [0.05, 0.1) is 17.2 Å². The summed E-state index contributed by atoms with van der Waals surface area (Å²) in [5.41, 5.74) is 3.08. The number of benzene rings is 2. The molecule has 4 rings (SSSR count). The monoisotopic (exact) mass is 438 g/mol. The quantitative estimate of drug-likeness (QED) is 0.407. The van der Waals surface area contributed by atoms with Crippen LogP contribution in [0.5, 0.6) is 5.75 Å². The average molecular weight is 439 g/mol. The zero-order valence-corrected chi connectivity index (χ0v) is 19.4. The van der Waals surface area contributed by atoms with Gasteiger partial charge < -0.3 is 10.1 Å². The van der Waals surface area contributed by atoms with E-state index in [-0.39, 0.29) is 5.56 Å². The number of methoxy groups -OCH3 is 1. The molecule has 166 valence electrons. The highest BCUT2D eigenvalue weighted by atomic mass is 32.1. The molecule has 5 heteroatoms. The van der Waals surface area contributed by atoms with Crippen LogP contribution in [-0.2, 0) is 19.4 Å². The van der Waals surface area contributed by atoms with Gasteiger partial charge >= 0.3 is 0 Å². The molecule has 3 aromatic rings. The number of ether oxygens (including phenoxy) is 1. The first-order valence-corrected chi connectivity index (χ1v) is 12.5. The molecule has 0 amide bonds. The Balaban J connectivity index is 1.08. The fourth-order valence-corrected chi connectivity index (χ4v) is 5.78. The zero-order chi connectivity index (χ0) is 21.5. The third kappa shape index (κ3) is 5.58. The molecule has 0 fully saturated rings. The first kappa shape index (κ1) is 22.1. The van der Waals surface area contributed by atoms with Gasteiger partial charge in [-0.2, -0.15) is 0 Å². The number of rotatable bonds is 11. The fourth-order valence-electron chi connectivity index (χ4n) is 4.75. The van der Waals surface area contributed by atoms with Crippen LogP contribution in [0.1, 0.15) is 49.7 Å². The summed E-state index contributed by atoms with van der Waals surface area (Å²) in [4.78, 5) is 12.4. The summed E-state index contributed by atoms with van der Waals surface area (Å²) in [6.45, 7) is 3.01. The minimum Gasteiger partial charge on any atom is -0.496 e. The van der Waals surface area contributed by atoms with Crippen molar-refractivity contribution in [2.45, 2.75) is 57.9 Å². The molecule has 0 radical (unpaired) electrons. The Labute approximate surface area is 189 Å². The molecule has 0 spiro atoms. The highest BCUT2D eigenvalue weighted by Gasteiger charge is 2.21. The lowest BCUT2D eigenvalue weighted by Gasteiger charge is -2.26. The van der Waals surface area contributed by atoms with Gasteiger partial charge in [-0.15, -0.1) is 0 Å². The molecule has 0 bridgehead atoms. The lowest BCUT2D eigenvalue weighted by atomic mass is 9.81. The Morgan fingerprint density at radius 3 is 2.81 bits per heavy atom. The fraction of sp³-hybridized carbons (Fsp3) is 0.500. The van der Waals surface area contributed by atoms with E-state index in [1.165, 1.54) is 43.2 Å². The number of aromatic nitrogens is 1. The molecular formula is C26H34N2O2S. The molecule has 0 aliphatic heterocycles. The first-order chi connectivity index (χ1) is 15.3. The van der Waals surface area contributed by atoms with Gasteiger partial charge in [-0.1, -0.05) is 42.2 Å². The summed E-state index contributed by atoms with van der Waals surface area (Å²) < 4.78 is 8.57. The molecule has 2 aromatic carbocycles. The maximum absolute atomic E-state index is 12.4. The summed E-state index contributed by atoms with van der Waals surface area (Å²) in [7, 11) is 1.78. The van der Waals surface area contributed by atoms with Crippen molar-refractivity contribution in [3.05, 3.63) is 63.9 Å². The number of hydrogen-bond acceptors (Lipinski definition) is 4. The van der Waals surface area contributed by atoms with Crippen LogP contribution in [0, 0.1) is 5.92 Å². The van der Waals surface area contributed by atoms with Gasteiger partial charge in [-0.25, -0.2) is 0 Å². The van der Waals surface area contributed by atoms with Gasteiger partial charge in [-0.3, -0.25) is 8.75 Å². The van der Waals surface area contributed by atoms with Crippen LogP contribution in [0.2, 0.25) is 0 Å². The summed E-state index contributed by atoms with van der Waals surface area (Å²) in [6, 6.07) is 14.4. The van der Waals surface area contributed by atoms with E-state index in [4.69, 9.17) is 4.74 Å². The van der Waals surface area contributed by atoms with E-state index in [0.29, 0.717) is 0 Å².